The molecular formula is C19H22N2O3S. The van der Waals surface area contributed by atoms with E-state index in [-0.39, 0.29) is 16.8 Å². The number of nitrogens with one attached hydrogen (secondary N) is 1. The lowest BCUT2D eigenvalue weighted by Gasteiger charge is -2.25. The van der Waals surface area contributed by atoms with Gasteiger partial charge in [-0.1, -0.05) is 24.3 Å². The van der Waals surface area contributed by atoms with Crippen molar-refractivity contribution in [1.82, 2.24) is 4.31 Å². The number of hydrogen-bond donors (Lipinski definition) is 1. The van der Waals surface area contributed by atoms with Gasteiger partial charge in [0.15, 0.2) is 0 Å². The molecule has 1 N–H and O–H groups in total. The molecule has 1 saturated heterocycles. The largest absolute Gasteiger partial charge is 0.326 e. The molecule has 5 nitrogen and oxygen atoms in total. The Bertz CT molecular complexity index is 876. The number of anilines is 1. The van der Waals surface area contributed by atoms with Crippen LogP contribution in [0.5, 0.6) is 0 Å². The number of aryl methyl sites for hydroxylation is 1. The first kappa shape index (κ1) is 17.6. The van der Waals surface area contributed by atoms with Crippen molar-refractivity contribution < 1.29 is 13.2 Å². The molecule has 1 amide bonds. The second kappa shape index (κ2) is 6.98. The number of benzene rings is 2. The van der Waals surface area contributed by atoms with Crippen molar-refractivity contribution in [2.45, 2.75) is 37.6 Å². The molecular weight excluding hydrogens is 336 g/mol. The minimum atomic E-state index is -3.58. The fourth-order valence-electron chi connectivity index (χ4n) is 3.35. The summed E-state index contributed by atoms with van der Waals surface area (Å²) in [6.45, 7) is 3.96. The van der Waals surface area contributed by atoms with Gasteiger partial charge >= 0.3 is 0 Å². The summed E-state index contributed by atoms with van der Waals surface area (Å²) in [6.07, 6.45) is 1.68. The lowest BCUT2D eigenvalue weighted by molar-refractivity contribution is -0.114. The Morgan fingerprint density at radius 1 is 1.12 bits per heavy atom. The molecule has 1 atom stereocenters. The highest BCUT2D eigenvalue weighted by Crippen LogP contribution is 2.37. The zero-order valence-corrected chi connectivity index (χ0v) is 15.2. The molecule has 1 aliphatic rings. The third-order valence-electron chi connectivity index (χ3n) is 4.53. The third-order valence-corrected chi connectivity index (χ3v) is 6.45. The molecule has 0 saturated carbocycles. The normalized spacial score (nSPS) is 18.2. The summed E-state index contributed by atoms with van der Waals surface area (Å²) in [6, 6.07) is 14.2. The summed E-state index contributed by atoms with van der Waals surface area (Å²) >= 11 is 0. The van der Waals surface area contributed by atoms with E-state index in [2.05, 4.69) is 5.32 Å². The van der Waals surface area contributed by atoms with Crippen molar-refractivity contribution in [1.29, 1.82) is 0 Å². The van der Waals surface area contributed by atoms with Crippen LogP contribution < -0.4 is 5.32 Å². The monoisotopic (exact) mass is 358 g/mol. The molecule has 0 unspecified atom stereocenters. The average molecular weight is 358 g/mol. The van der Waals surface area contributed by atoms with Crippen LogP contribution in [0.25, 0.3) is 0 Å². The summed E-state index contributed by atoms with van der Waals surface area (Å²) < 4.78 is 27.8. The summed E-state index contributed by atoms with van der Waals surface area (Å²) in [4.78, 5) is 11.4. The number of sulfonamides is 1. The van der Waals surface area contributed by atoms with E-state index in [0.717, 1.165) is 24.0 Å². The molecule has 3 rings (SSSR count). The number of amides is 1. The van der Waals surface area contributed by atoms with Gasteiger partial charge in [0.1, 0.15) is 0 Å². The van der Waals surface area contributed by atoms with Crippen molar-refractivity contribution in [3.05, 3.63) is 59.7 Å². The molecule has 132 valence electrons. The molecule has 0 radical (unpaired) electrons. The van der Waals surface area contributed by atoms with Crippen LogP contribution in [0, 0.1) is 6.92 Å². The van der Waals surface area contributed by atoms with Crippen LogP contribution in [0.4, 0.5) is 5.69 Å². The third kappa shape index (κ3) is 3.60. The lowest BCUT2D eigenvalue weighted by Crippen LogP contribution is -2.31. The Morgan fingerprint density at radius 2 is 1.80 bits per heavy atom. The van der Waals surface area contributed by atoms with Gasteiger partial charge in [-0.25, -0.2) is 8.42 Å². The average Bonchev–Trinajstić information content (AvgIpc) is 3.05. The fourth-order valence-corrected chi connectivity index (χ4v) is 5.02. The highest BCUT2D eigenvalue weighted by molar-refractivity contribution is 7.89. The van der Waals surface area contributed by atoms with Gasteiger partial charge < -0.3 is 5.32 Å². The minimum absolute atomic E-state index is 0.124. The molecule has 1 heterocycles. The second-order valence-corrected chi connectivity index (χ2v) is 8.23. The standard InChI is InChI=1S/C19H22N2O3S/c1-14-6-3-4-7-18(14)19-8-5-13-21(19)25(23,24)17-11-9-16(10-12-17)20-15(2)22/h3-4,6-7,9-12,19H,5,8,13H2,1-2H3,(H,20,22)/t19-/m1/s1. The predicted molar refractivity (Wildman–Crippen MR) is 97.8 cm³/mol. The zero-order chi connectivity index (χ0) is 18.0. The van der Waals surface area contributed by atoms with Gasteiger partial charge in [-0.05, 0) is 55.2 Å². The van der Waals surface area contributed by atoms with E-state index in [1.807, 2.05) is 31.2 Å². The number of carbonyl (C=O) groups is 1. The lowest BCUT2D eigenvalue weighted by atomic mass is 10.0. The molecule has 0 aromatic heterocycles. The van der Waals surface area contributed by atoms with Crippen LogP contribution in [-0.4, -0.2) is 25.2 Å². The van der Waals surface area contributed by atoms with Gasteiger partial charge in [0.25, 0.3) is 0 Å². The van der Waals surface area contributed by atoms with Crippen LogP contribution >= 0.6 is 0 Å². The quantitative estimate of drug-likeness (QED) is 0.910. The van der Waals surface area contributed by atoms with E-state index < -0.39 is 10.0 Å². The van der Waals surface area contributed by atoms with Crippen molar-refractivity contribution in [2.24, 2.45) is 0 Å². The van der Waals surface area contributed by atoms with Gasteiger partial charge in [0, 0.05) is 19.2 Å². The molecule has 0 spiro atoms. The zero-order valence-electron chi connectivity index (χ0n) is 14.4. The Morgan fingerprint density at radius 3 is 2.44 bits per heavy atom. The first-order valence-corrected chi connectivity index (χ1v) is 9.78. The number of hydrogen-bond acceptors (Lipinski definition) is 3. The van der Waals surface area contributed by atoms with Gasteiger partial charge in [-0.2, -0.15) is 4.31 Å². The molecule has 0 bridgehead atoms. The molecule has 2 aromatic carbocycles. The Balaban J connectivity index is 1.91. The van der Waals surface area contributed by atoms with E-state index in [9.17, 15) is 13.2 Å². The van der Waals surface area contributed by atoms with E-state index in [1.165, 1.54) is 6.92 Å². The van der Waals surface area contributed by atoms with E-state index in [1.54, 1.807) is 28.6 Å². The molecule has 1 fully saturated rings. The van der Waals surface area contributed by atoms with Crippen LogP contribution in [0.1, 0.15) is 36.9 Å². The van der Waals surface area contributed by atoms with Gasteiger partial charge in [-0.15, -0.1) is 0 Å². The van der Waals surface area contributed by atoms with Gasteiger partial charge in [0.2, 0.25) is 15.9 Å². The number of carbonyl (C=O) groups excluding carboxylic acids is 1. The predicted octanol–water partition coefficient (Wildman–Crippen LogP) is 3.48. The molecule has 0 aliphatic carbocycles. The van der Waals surface area contributed by atoms with Crippen LogP contribution in [-0.2, 0) is 14.8 Å². The Labute approximate surface area is 148 Å². The maximum atomic E-state index is 13.1. The number of rotatable bonds is 4. The van der Waals surface area contributed by atoms with Crippen molar-refractivity contribution in [3.8, 4) is 0 Å². The second-order valence-electron chi connectivity index (χ2n) is 6.34. The van der Waals surface area contributed by atoms with Crippen molar-refractivity contribution in [2.75, 3.05) is 11.9 Å². The smallest absolute Gasteiger partial charge is 0.243 e. The summed E-state index contributed by atoms with van der Waals surface area (Å²) in [5.41, 5.74) is 2.76. The van der Waals surface area contributed by atoms with Crippen molar-refractivity contribution in [3.63, 3.8) is 0 Å². The maximum Gasteiger partial charge on any atom is 0.243 e. The summed E-state index contributed by atoms with van der Waals surface area (Å²) in [7, 11) is -3.58. The highest BCUT2D eigenvalue weighted by atomic mass is 32.2. The highest BCUT2D eigenvalue weighted by Gasteiger charge is 2.36. The van der Waals surface area contributed by atoms with Crippen molar-refractivity contribution >= 4 is 21.6 Å². The summed E-state index contributed by atoms with van der Waals surface area (Å²) in [5, 5.41) is 2.65. The first-order valence-electron chi connectivity index (χ1n) is 8.34. The van der Waals surface area contributed by atoms with E-state index >= 15 is 0 Å². The number of nitrogens with zero attached hydrogens (tertiary/aromatic N) is 1. The molecule has 2 aromatic rings. The molecule has 6 heteroatoms. The molecule has 1 aliphatic heterocycles. The van der Waals surface area contributed by atoms with Gasteiger partial charge in [-0.3, -0.25) is 4.79 Å². The van der Waals surface area contributed by atoms with Gasteiger partial charge in [0.05, 0.1) is 10.9 Å². The van der Waals surface area contributed by atoms with Crippen LogP contribution in [0.3, 0.4) is 0 Å². The molecule has 25 heavy (non-hydrogen) atoms. The topological polar surface area (TPSA) is 66.5 Å². The fraction of sp³-hybridized carbons (Fsp3) is 0.316. The first-order chi connectivity index (χ1) is 11.9. The van der Waals surface area contributed by atoms with Crippen LogP contribution in [0.2, 0.25) is 0 Å². The minimum Gasteiger partial charge on any atom is -0.326 e. The Kier molecular flexibility index (Phi) is 4.92. The van der Waals surface area contributed by atoms with E-state index in [4.69, 9.17) is 0 Å². The SMILES string of the molecule is CC(=O)Nc1ccc(S(=O)(=O)N2CCC[C@@H]2c2ccccc2C)cc1. The Hall–Kier alpha value is -2.18. The maximum absolute atomic E-state index is 13.1. The summed E-state index contributed by atoms with van der Waals surface area (Å²) in [5.74, 6) is -0.185. The van der Waals surface area contributed by atoms with Crippen LogP contribution in [0.15, 0.2) is 53.4 Å². The van der Waals surface area contributed by atoms with E-state index in [0.29, 0.717) is 12.2 Å².